The predicted molar refractivity (Wildman–Crippen MR) is 72.0 cm³/mol. The van der Waals surface area contributed by atoms with Crippen molar-refractivity contribution in [3.05, 3.63) is 24.3 Å². The molecule has 0 bridgehead atoms. The molecule has 0 aromatic carbocycles. The average molecular weight is 315 g/mol. The van der Waals surface area contributed by atoms with Crippen LogP contribution in [-0.4, -0.2) is 62.7 Å². The van der Waals surface area contributed by atoms with Crippen molar-refractivity contribution in [1.29, 1.82) is 0 Å². The SMILES string of the molecule is COC1C=CC=CC1(N)C(C(=O)O)C(O)(CC(=O)O)C(=O)O. The summed E-state index contributed by atoms with van der Waals surface area (Å²) >= 11 is 0. The van der Waals surface area contributed by atoms with Crippen molar-refractivity contribution in [2.24, 2.45) is 11.7 Å². The van der Waals surface area contributed by atoms with Crippen LogP contribution in [0.25, 0.3) is 0 Å². The number of ether oxygens (including phenoxy) is 1. The van der Waals surface area contributed by atoms with Crippen molar-refractivity contribution >= 4 is 17.9 Å². The first kappa shape index (κ1) is 17.8. The second kappa shape index (κ2) is 6.26. The quantitative estimate of drug-likeness (QED) is 0.388. The molecule has 1 aliphatic rings. The first-order valence-corrected chi connectivity index (χ1v) is 6.17. The highest BCUT2D eigenvalue weighted by atomic mass is 16.5. The number of carbonyl (C=O) groups is 3. The van der Waals surface area contributed by atoms with Crippen LogP contribution in [0.2, 0.25) is 0 Å². The summed E-state index contributed by atoms with van der Waals surface area (Å²) in [6.07, 6.45) is 3.06. The molecule has 9 nitrogen and oxygen atoms in total. The molecule has 0 fully saturated rings. The molecule has 0 spiro atoms. The molecule has 4 atom stereocenters. The number of carboxylic acids is 3. The van der Waals surface area contributed by atoms with Gasteiger partial charge in [0.2, 0.25) is 0 Å². The third-order valence-electron chi connectivity index (χ3n) is 3.54. The van der Waals surface area contributed by atoms with E-state index in [1.54, 1.807) is 0 Å². The van der Waals surface area contributed by atoms with Crippen LogP contribution in [-0.2, 0) is 19.1 Å². The van der Waals surface area contributed by atoms with Crippen LogP contribution in [0.1, 0.15) is 6.42 Å². The van der Waals surface area contributed by atoms with Gasteiger partial charge < -0.3 is 30.9 Å². The van der Waals surface area contributed by atoms with E-state index in [1.807, 2.05) is 0 Å². The fourth-order valence-corrected chi connectivity index (χ4v) is 2.56. The maximum absolute atomic E-state index is 11.6. The number of carboxylic acid groups (broad SMARTS) is 3. The predicted octanol–water partition coefficient (Wildman–Crippen LogP) is -1.18. The molecule has 0 aliphatic heterocycles. The van der Waals surface area contributed by atoms with Gasteiger partial charge in [-0.15, -0.1) is 0 Å². The van der Waals surface area contributed by atoms with Crippen molar-refractivity contribution in [2.75, 3.05) is 7.11 Å². The Hall–Kier alpha value is -2.23. The number of hydrogen-bond acceptors (Lipinski definition) is 6. The Morgan fingerprint density at radius 2 is 1.91 bits per heavy atom. The number of methoxy groups -OCH3 is 1. The zero-order valence-corrected chi connectivity index (χ0v) is 11.7. The molecule has 1 aliphatic carbocycles. The second-order valence-electron chi connectivity index (χ2n) is 4.97. The van der Waals surface area contributed by atoms with E-state index in [1.165, 1.54) is 31.4 Å². The van der Waals surface area contributed by atoms with Gasteiger partial charge in [-0.2, -0.15) is 0 Å². The minimum absolute atomic E-state index is 1.06. The highest BCUT2D eigenvalue weighted by Gasteiger charge is 2.60. The van der Waals surface area contributed by atoms with Crippen LogP contribution in [0.3, 0.4) is 0 Å². The van der Waals surface area contributed by atoms with Gasteiger partial charge in [0.15, 0.2) is 5.60 Å². The van der Waals surface area contributed by atoms with E-state index >= 15 is 0 Å². The van der Waals surface area contributed by atoms with E-state index in [9.17, 15) is 29.7 Å². The van der Waals surface area contributed by atoms with Gasteiger partial charge in [-0.25, -0.2) is 4.79 Å². The van der Waals surface area contributed by atoms with Gasteiger partial charge in [-0.3, -0.25) is 9.59 Å². The largest absolute Gasteiger partial charge is 0.481 e. The monoisotopic (exact) mass is 315 g/mol. The van der Waals surface area contributed by atoms with E-state index < -0.39 is 47.5 Å². The standard InChI is InChI=1S/C13H17NO8/c1-22-7-4-2-3-5-12(7,14)9(10(17)18)13(21,11(19)20)6-8(15)16/h2-5,7,9,21H,6,14H2,1H3,(H,15,16)(H,17,18)(H,19,20). The zero-order valence-electron chi connectivity index (χ0n) is 11.7. The lowest BCUT2D eigenvalue weighted by molar-refractivity contribution is -0.185. The fourth-order valence-electron chi connectivity index (χ4n) is 2.56. The summed E-state index contributed by atoms with van der Waals surface area (Å²) in [6.45, 7) is 0. The van der Waals surface area contributed by atoms with E-state index in [4.69, 9.17) is 15.6 Å². The summed E-state index contributed by atoms with van der Waals surface area (Å²) in [5.41, 5.74) is 0.940. The molecule has 22 heavy (non-hydrogen) atoms. The molecular weight excluding hydrogens is 298 g/mol. The number of aliphatic carboxylic acids is 3. The summed E-state index contributed by atoms with van der Waals surface area (Å²) in [6, 6.07) is 0. The van der Waals surface area contributed by atoms with Gasteiger partial charge in [0.25, 0.3) is 0 Å². The third kappa shape index (κ3) is 3.01. The van der Waals surface area contributed by atoms with Crippen LogP contribution in [0, 0.1) is 5.92 Å². The number of allylic oxidation sites excluding steroid dienone is 2. The molecule has 0 aromatic heterocycles. The summed E-state index contributed by atoms with van der Waals surface area (Å²) in [5.74, 6) is -7.58. The van der Waals surface area contributed by atoms with Crippen molar-refractivity contribution in [2.45, 2.75) is 23.7 Å². The third-order valence-corrected chi connectivity index (χ3v) is 3.54. The Kier molecular flexibility index (Phi) is 5.07. The molecule has 0 heterocycles. The van der Waals surface area contributed by atoms with Crippen molar-refractivity contribution in [3.63, 3.8) is 0 Å². The summed E-state index contributed by atoms with van der Waals surface area (Å²) in [5, 5.41) is 37.7. The van der Waals surface area contributed by atoms with Crippen LogP contribution < -0.4 is 5.73 Å². The lowest BCUT2D eigenvalue weighted by Crippen LogP contribution is -2.67. The van der Waals surface area contributed by atoms with Gasteiger partial charge in [-0.05, 0) is 0 Å². The van der Waals surface area contributed by atoms with Gasteiger partial charge in [-0.1, -0.05) is 24.3 Å². The molecule has 0 aromatic rings. The molecule has 9 heteroatoms. The van der Waals surface area contributed by atoms with Crippen LogP contribution in [0.5, 0.6) is 0 Å². The summed E-state index contributed by atoms with van der Waals surface area (Å²) in [4.78, 5) is 33.8. The lowest BCUT2D eigenvalue weighted by Gasteiger charge is -2.43. The molecule has 4 unspecified atom stereocenters. The van der Waals surface area contributed by atoms with Crippen molar-refractivity contribution in [3.8, 4) is 0 Å². The molecule has 6 N–H and O–H groups in total. The minimum atomic E-state index is -3.11. The van der Waals surface area contributed by atoms with Gasteiger partial charge in [0, 0.05) is 7.11 Å². The molecular formula is C13H17NO8. The first-order valence-electron chi connectivity index (χ1n) is 6.17. The topological polar surface area (TPSA) is 167 Å². The van der Waals surface area contributed by atoms with Gasteiger partial charge >= 0.3 is 17.9 Å². The van der Waals surface area contributed by atoms with E-state index in [0.29, 0.717) is 0 Å². The van der Waals surface area contributed by atoms with Crippen LogP contribution in [0.15, 0.2) is 24.3 Å². The number of hydrogen-bond donors (Lipinski definition) is 5. The molecule has 122 valence electrons. The molecule has 0 radical (unpaired) electrons. The maximum atomic E-state index is 11.6. The van der Waals surface area contributed by atoms with Gasteiger partial charge in [0.1, 0.15) is 5.92 Å². The lowest BCUT2D eigenvalue weighted by atomic mass is 9.68. The molecule has 0 amide bonds. The molecule has 0 saturated heterocycles. The normalized spacial score (nSPS) is 27.9. The smallest absolute Gasteiger partial charge is 0.337 e. The first-order chi connectivity index (χ1) is 10.1. The number of nitrogens with two attached hydrogens (primary N) is 1. The Balaban J connectivity index is 3.47. The maximum Gasteiger partial charge on any atom is 0.337 e. The molecule has 0 saturated carbocycles. The highest BCUT2D eigenvalue weighted by Crippen LogP contribution is 2.36. The van der Waals surface area contributed by atoms with Crippen LogP contribution in [0.4, 0.5) is 0 Å². The fraction of sp³-hybridized carbons (Fsp3) is 0.462. The summed E-state index contributed by atoms with van der Waals surface area (Å²) < 4.78 is 5.04. The summed E-state index contributed by atoms with van der Waals surface area (Å²) in [7, 11) is 1.23. The Labute approximate surface area is 125 Å². The Morgan fingerprint density at radius 3 is 2.32 bits per heavy atom. The van der Waals surface area contributed by atoms with Gasteiger partial charge in [0.05, 0.1) is 18.1 Å². The Bertz CT molecular complexity index is 538. The Morgan fingerprint density at radius 1 is 1.32 bits per heavy atom. The number of aliphatic hydroxyl groups is 1. The highest BCUT2D eigenvalue weighted by molar-refractivity contribution is 5.90. The van der Waals surface area contributed by atoms with Crippen molar-refractivity contribution in [1.82, 2.24) is 0 Å². The van der Waals surface area contributed by atoms with E-state index in [0.717, 1.165) is 0 Å². The minimum Gasteiger partial charge on any atom is -0.481 e. The molecule has 1 rings (SSSR count). The van der Waals surface area contributed by atoms with Crippen LogP contribution >= 0.6 is 0 Å². The number of rotatable bonds is 7. The van der Waals surface area contributed by atoms with Crippen molar-refractivity contribution < 1.29 is 39.5 Å². The van der Waals surface area contributed by atoms with E-state index in [-0.39, 0.29) is 0 Å². The van der Waals surface area contributed by atoms with E-state index in [2.05, 4.69) is 0 Å². The second-order valence-corrected chi connectivity index (χ2v) is 4.97. The zero-order chi connectivity index (χ0) is 17.1. The average Bonchev–Trinajstić information content (AvgIpc) is 2.37.